The van der Waals surface area contributed by atoms with Crippen LogP contribution in [-0.4, -0.2) is 49.8 Å². The molecule has 2 aromatic carbocycles. The molecule has 36 heavy (non-hydrogen) atoms. The summed E-state index contributed by atoms with van der Waals surface area (Å²) in [5.41, 5.74) is 7.16. The van der Waals surface area contributed by atoms with Gasteiger partial charge in [0.2, 0.25) is 5.88 Å². The highest BCUT2D eigenvalue weighted by Gasteiger charge is 2.15. The van der Waals surface area contributed by atoms with Gasteiger partial charge in [-0.05, 0) is 73.9 Å². The van der Waals surface area contributed by atoms with Crippen LogP contribution in [0, 0.1) is 13.8 Å². The third-order valence-electron chi connectivity index (χ3n) is 6.21. The van der Waals surface area contributed by atoms with E-state index in [0.717, 1.165) is 28.1 Å². The number of rotatable bonds is 7. The van der Waals surface area contributed by atoms with Crippen molar-refractivity contribution in [3.63, 3.8) is 0 Å². The van der Waals surface area contributed by atoms with E-state index in [1.54, 1.807) is 43.6 Å². The van der Waals surface area contributed by atoms with Crippen LogP contribution in [0.5, 0.6) is 11.6 Å². The number of hydrogen-bond donors (Lipinski definition) is 4. The van der Waals surface area contributed by atoms with Crippen molar-refractivity contribution >= 4 is 16.9 Å². The van der Waals surface area contributed by atoms with Crippen LogP contribution < -0.4 is 10.1 Å². The number of aromatic hydroxyl groups is 1. The maximum absolute atomic E-state index is 12.8. The van der Waals surface area contributed by atoms with Crippen LogP contribution in [0.2, 0.25) is 0 Å². The lowest BCUT2D eigenvalue weighted by Crippen LogP contribution is -2.25. The highest BCUT2D eigenvalue weighted by Crippen LogP contribution is 2.35. The van der Waals surface area contributed by atoms with Gasteiger partial charge >= 0.3 is 0 Å². The van der Waals surface area contributed by atoms with Crippen molar-refractivity contribution in [2.45, 2.75) is 20.3 Å². The van der Waals surface area contributed by atoms with Gasteiger partial charge in [0.05, 0.1) is 29.4 Å². The lowest BCUT2D eigenvalue weighted by atomic mass is 10.0. The van der Waals surface area contributed by atoms with Gasteiger partial charge in [-0.2, -0.15) is 5.10 Å². The fraction of sp³-hybridized carbons (Fsp3) is 0.185. The molecule has 0 aliphatic rings. The van der Waals surface area contributed by atoms with Gasteiger partial charge in [-0.3, -0.25) is 9.89 Å². The number of benzene rings is 2. The number of pyridine rings is 1. The second kappa shape index (κ2) is 9.53. The Morgan fingerprint density at radius 2 is 1.97 bits per heavy atom. The summed E-state index contributed by atoms with van der Waals surface area (Å²) in [4.78, 5) is 24.9. The molecular formula is C27H26N6O3. The predicted molar refractivity (Wildman–Crippen MR) is 137 cm³/mol. The third kappa shape index (κ3) is 4.38. The monoisotopic (exact) mass is 482 g/mol. The van der Waals surface area contributed by atoms with Crippen molar-refractivity contribution in [3.05, 3.63) is 77.2 Å². The van der Waals surface area contributed by atoms with E-state index in [0.29, 0.717) is 46.8 Å². The molecule has 0 bridgehead atoms. The first-order chi connectivity index (χ1) is 17.4. The van der Waals surface area contributed by atoms with E-state index in [-0.39, 0.29) is 11.7 Å². The van der Waals surface area contributed by atoms with E-state index in [1.165, 1.54) is 0 Å². The summed E-state index contributed by atoms with van der Waals surface area (Å²) in [5, 5.41) is 20.7. The van der Waals surface area contributed by atoms with Gasteiger partial charge in [0.15, 0.2) is 0 Å². The summed E-state index contributed by atoms with van der Waals surface area (Å²) in [6.45, 7) is 4.43. The summed E-state index contributed by atoms with van der Waals surface area (Å²) >= 11 is 0. The van der Waals surface area contributed by atoms with Crippen LogP contribution >= 0.6 is 0 Å². The zero-order valence-electron chi connectivity index (χ0n) is 20.2. The molecule has 0 saturated carbocycles. The first-order valence-corrected chi connectivity index (χ1v) is 11.6. The molecule has 9 nitrogen and oxygen atoms in total. The van der Waals surface area contributed by atoms with Crippen LogP contribution in [0.3, 0.4) is 0 Å². The van der Waals surface area contributed by atoms with E-state index in [1.807, 2.05) is 32.0 Å². The standard InChI is InChI=1S/C27H26N6O3/c1-15-19(16(2)33-32-15)10-12-28-26(35)18-6-8-22-23(14-18)31-25(30-22)21-13-17(7-9-24(21)34)20-5-4-11-29-27(20)36-3/h4-9,11,13-14,34H,10,12H2,1-3H3,(H,28,35)(H,30,31)(H,32,33). The van der Waals surface area contributed by atoms with Crippen LogP contribution in [0.15, 0.2) is 54.7 Å². The Balaban J connectivity index is 1.38. The minimum atomic E-state index is -0.166. The number of phenolic OH excluding ortho intramolecular Hbond substituents is 1. The van der Waals surface area contributed by atoms with Gasteiger partial charge in [-0.15, -0.1) is 0 Å². The van der Waals surface area contributed by atoms with Crippen LogP contribution in [0.25, 0.3) is 33.5 Å². The molecule has 9 heteroatoms. The quantitative estimate of drug-likeness (QED) is 0.273. The number of fused-ring (bicyclic) bond motifs is 1. The zero-order valence-corrected chi connectivity index (χ0v) is 20.2. The minimum absolute atomic E-state index is 0.0865. The van der Waals surface area contributed by atoms with Gasteiger partial charge in [0.1, 0.15) is 11.6 Å². The van der Waals surface area contributed by atoms with Crippen molar-refractivity contribution in [2.75, 3.05) is 13.7 Å². The summed E-state index contributed by atoms with van der Waals surface area (Å²) in [6.07, 6.45) is 2.36. The number of carbonyl (C=O) groups is 1. The fourth-order valence-electron chi connectivity index (χ4n) is 4.29. The summed E-state index contributed by atoms with van der Waals surface area (Å²) in [5.74, 6) is 0.909. The fourth-order valence-corrected chi connectivity index (χ4v) is 4.29. The number of aromatic amines is 2. The Morgan fingerprint density at radius 3 is 2.75 bits per heavy atom. The van der Waals surface area contributed by atoms with Gasteiger partial charge in [-0.1, -0.05) is 6.07 Å². The molecule has 0 saturated heterocycles. The Labute approximate surface area is 207 Å². The molecule has 0 aliphatic heterocycles. The minimum Gasteiger partial charge on any atom is -0.507 e. The zero-order chi connectivity index (χ0) is 25.2. The highest BCUT2D eigenvalue weighted by molar-refractivity contribution is 5.97. The molecule has 5 rings (SSSR count). The molecule has 0 radical (unpaired) electrons. The number of hydrogen-bond acceptors (Lipinski definition) is 6. The number of imidazole rings is 1. The number of amides is 1. The molecule has 5 aromatic rings. The van der Waals surface area contributed by atoms with Gasteiger partial charge in [0, 0.05) is 29.6 Å². The smallest absolute Gasteiger partial charge is 0.251 e. The van der Waals surface area contributed by atoms with Crippen molar-refractivity contribution < 1.29 is 14.6 Å². The molecule has 3 heterocycles. The Hall–Kier alpha value is -4.66. The number of nitrogens with zero attached hydrogens (tertiary/aromatic N) is 3. The number of phenols is 1. The van der Waals surface area contributed by atoms with Gasteiger partial charge < -0.3 is 20.1 Å². The van der Waals surface area contributed by atoms with Crippen molar-refractivity contribution in [1.82, 2.24) is 30.5 Å². The van der Waals surface area contributed by atoms with Crippen molar-refractivity contribution in [2.24, 2.45) is 0 Å². The van der Waals surface area contributed by atoms with E-state index in [2.05, 4.69) is 30.5 Å². The molecule has 0 aliphatic carbocycles. The number of aromatic nitrogens is 5. The number of carbonyl (C=O) groups excluding carboxylic acids is 1. The Morgan fingerprint density at radius 1 is 1.11 bits per heavy atom. The third-order valence-corrected chi connectivity index (χ3v) is 6.21. The SMILES string of the molecule is COc1ncccc1-c1ccc(O)c(-c2nc3ccc(C(=O)NCCc4c(C)n[nH]c4C)cc3[nH]2)c1. The topological polar surface area (TPSA) is 129 Å². The van der Waals surface area contributed by atoms with E-state index in [4.69, 9.17) is 4.74 Å². The second-order valence-electron chi connectivity index (χ2n) is 8.53. The largest absolute Gasteiger partial charge is 0.507 e. The van der Waals surface area contributed by atoms with Gasteiger partial charge in [-0.25, -0.2) is 9.97 Å². The predicted octanol–water partition coefficient (Wildman–Crippen LogP) is 4.32. The van der Waals surface area contributed by atoms with Crippen molar-refractivity contribution in [3.8, 4) is 34.1 Å². The number of H-pyrrole nitrogens is 2. The van der Waals surface area contributed by atoms with E-state index >= 15 is 0 Å². The van der Waals surface area contributed by atoms with Crippen LogP contribution in [0.4, 0.5) is 0 Å². The molecule has 0 unspecified atom stereocenters. The van der Waals surface area contributed by atoms with E-state index < -0.39 is 0 Å². The lowest BCUT2D eigenvalue weighted by molar-refractivity contribution is 0.0954. The number of aryl methyl sites for hydroxylation is 2. The normalized spacial score (nSPS) is 11.1. The highest BCUT2D eigenvalue weighted by atomic mass is 16.5. The van der Waals surface area contributed by atoms with Crippen molar-refractivity contribution in [1.29, 1.82) is 0 Å². The van der Waals surface area contributed by atoms with Crippen LogP contribution in [-0.2, 0) is 6.42 Å². The number of ether oxygens (including phenoxy) is 1. The molecule has 0 atom stereocenters. The first kappa shape index (κ1) is 23.1. The molecule has 0 fully saturated rings. The maximum atomic E-state index is 12.8. The molecule has 182 valence electrons. The first-order valence-electron chi connectivity index (χ1n) is 11.6. The van der Waals surface area contributed by atoms with Gasteiger partial charge in [0.25, 0.3) is 5.91 Å². The molecule has 1 amide bonds. The molecule has 3 aromatic heterocycles. The summed E-state index contributed by atoms with van der Waals surface area (Å²) in [6, 6.07) is 14.3. The number of methoxy groups -OCH3 is 1. The molecule has 4 N–H and O–H groups in total. The Kier molecular flexibility index (Phi) is 6.12. The average Bonchev–Trinajstić information content (AvgIpc) is 3.46. The lowest BCUT2D eigenvalue weighted by Gasteiger charge is -2.09. The number of nitrogens with one attached hydrogen (secondary N) is 3. The summed E-state index contributed by atoms with van der Waals surface area (Å²) < 4.78 is 5.38. The molecular weight excluding hydrogens is 456 g/mol. The average molecular weight is 483 g/mol. The maximum Gasteiger partial charge on any atom is 0.251 e. The molecule has 0 spiro atoms. The van der Waals surface area contributed by atoms with Crippen LogP contribution in [0.1, 0.15) is 27.3 Å². The summed E-state index contributed by atoms with van der Waals surface area (Å²) in [7, 11) is 1.57. The second-order valence-corrected chi connectivity index (χ2v) is 8.53. The Bertz CT molecular complexity index is 1550. The van der Waals surface area contributed by atoms with E-state index in [9.17, 15) is 9.90 Å².